The Bertz CT molecular complexity index is 429. The van der Waals surface area contributed by atoms with E-state index in [1.54, 1.807) is 11.8 Å². The number of aromatic nitrogens is 2. The van der Waals surface area contributed by atoms with E-state index in [2.05, 4.69) is 22.1 Å². The van der Waals surface area contributed by atoms with Gasteiger partial charge in [-0.25, -0.2) is 9.97 Å². The van der Waals surface area contributed by atoms with E-state index in [1.807, 2.05) is 36.7 Å². The van der Waals surface area contributed by atoms with Crippen molar-refractivity contribution in [3.8, 4) is 0 Å². The van der Waals surface area contributed by atoms with Crippen LogP contribution in [0.2, 0.25) is 0 Å². The highest BCUT2D eigenvalue weighted by Crippen LogP contribution is 2.11. The molecule has 0 unspecified atom stereocenters. The Morgan fingerprint density at radius 1 is 1.13 bits per heavy atom. The molecule has 0 spiro atoms. The monoisotopic (exact) mass is 216 g/mol. The first-order valence-electron chi connectivity index (χ1n) is 4.78. The van der Waals surface area contributed by atoms with Crippen molar-refractivity contribution in [2.24, 2.45) is 0 Å². The molecular weight excluding hydrogens is 204 g/mol. The van der Waals surface area contributed by atoms with E-state index in [0.29, 0.717) is 0 Å². The molecule has 0 N–H and O–H groups in total. The lowest BCUT2D eigenvalue weighted by molar-refractivity contribution is 0.904. The molecular formula is C12H12N2S. The molecule has 76 valence electrons. The van der Waals surface area contributed by atoms with Gasteiger partial charge in [-0.2, -0.15) is 0 Å². The molecule has 3 heteroatoms. The molecule has 0 aliphatic carbocycles. The molecule has 1 heterocycles. The van der Waals surface area contributed by atoms with Crippen molar-refractivity contribution >= 4 is 11.8 Å². The summed E-state index contributed by atoms with van der Waals surface area (Å²) in [7, 11) is 0. The van der Waals surface area contributed by atoms with Crippen molar-refractivity contribution in [3.05, 3.63) is 53.9 Å². The third-order valence-corrected chi connectivity index (χ3v) is 2.66. The number of rotatable bonds is 3. The Hall–Kier alpha value is -1.35. The van der Waals surface area contributed by atoms with Gasteiger partial charge in [0, 0.05) is 18.3 Å². The standard InChI is InChI=1S/C12H12N2S/c1-15-12-13-8-7-11(14-12)9-10-5-3-2-4-6-10/h2-8H,9H2,1H3. The largest absolute Gasteiger partial charge is 0.231 e. The van der Waals surface area contributed by atoms with E-state index < -0.39 is 0 Å². The molecule has 1 aromatic heterocycles. The summed E-state index contributed by atoms with van der Waals surface area (Å²) < 4.78 is 0. The van der Waals surface area contributed by atoms with E-state index >= 15 is 0 Å². The number of nitrogens with zero attached hydrogens (tertiary/aromatic N) is 2. The number of hydrogen-bond acceptors (Lipinski definition) is 3. The molecule has 0 saturated carbocycles. The van der Waals surface area contributed by atoms with E-state index in [1.165, 1.54) is 5.56 Å². The van der Waals surface area contributed by atoms with Crippen LogP contribution in [0.1, 0.15) is 11.3 Å². The molecule has 2 rings (SSSR count). The van der Waals surface area contributed by atoms with Crippen LogP contribution in [0.15, 0.2) is 47.8 Å². The first-order chi connectivity index (χ1) is 7.38. The van der Waals surface area contributed by atoms with Crippen LogP contribution in [0, 0.1) is 0 Å². The van der Waals surface area contributed by atoms with Gasteiger partial charge in [0.05, 0.1) is 0 Å². The van der Waals surface area contributed by atoms with Gasteiger partial charge in [0.25, 0.3) is 0 Å². The van der Waals surface area contributed by atoms with E-state index in [9.17, 15) is 0 Å². The molecule has 0 atom stereocenters. The Morgan fingerprint density at radius 2 is 1.93 bits per heavy atom. The van der Waals surface area contributed by atoms with Crippen LogP contribution in [0.25, 0.3) is 0 Å². The van der Waals surface area contributed by atoms with Gasteiger partial charge in [0.15, 0.2) is 5.16 Å². The summed E-state index contributed by atoms with van der Waals surface area (Å²) in [6.07, 6.45) is 4.68. The molecule has 0 fully saturated rings. The first kappa shape index (κ1) is 10.2. The highest BCUT2D eigenvalue weighted by Gasteiger charge is 1.99. The molecule has 1 aromatic carbocycles. The van der Waals surface area contributed by atoms with Gasteiger partial charge >= 0.3 is 0 Å². The molecule has 15 heavy (non-hydrogen) atoms. The molecule has 0 radical (unpaired) electrons. The first-order valence-corrected chi connectivity index (χ1v) is 6.01. The molecule has 0 aliphatic heterocycles. The van der Waals surface area contributed by atoms with Crippen molar-refractivity contribution in [3.63, 3.8) is 0 Å². The van der Waals surface area contributed by atoms with Crippen LogP contribution >= 0.6 is 11.8 Å². The van der Waals surface area contributed by atoms with Crippen molar-refractivity contribution in [2.75, 3.05) is 6.26 Å². The predicted molar refractivity (Wildman–Crippen MR) is 63.1 cm³/mol. The van der Waals surface area contributed by atoms with Crippen molar-refractivity contribution < 1.29 is 0 Å². The van der Waals surface area contributed by atoms with E-state index in [-0.39, 0.29) is 0 Å². The van der Waals surface area contributed by atoms with E-state index in [0.717, 1.165) is 17.3 Å². The number of thioether (sulfide) groups is 1. The molecule has 2 nitrogen and oxygen atoms in total. The average Bonchev–Trinajstić information content (AvgIpc) is 2.31. The van der Waals surface area contributed by atoms with Crippen LogP contribution in [0.4, 0.5) is 0 Å². The topological polar surface area (TPSA) is 25.8 Å². The van der Waals surface area contributed by atoms with Crippen molar-refractivity contribution in [2.45, 2.75) is 11.6 Å². The fourth-order valence-electron chi connectivity index (χ4n) is 1.38. The van der Waals surface area contributed by atoms with Crippen LogP contribution in [-0.2, 0) is 6.42 Å². The zero-order valence-corrected chi connectivity index (χ0v) is 9.37. The molecule has 0 amide bonds. The van der Waals surface area contributed by atoms with Crippen LogP contribution < -0.4 is 0 Å². The van der Waals surface area contributed by atoms with Gasteiger partial charge in [-0.05, 0) is 17.9 Å². The zero-order chi connectivity index (χ0) is 10.5. The van der Waals surface area contributed by atoms with Gasteiger partial charge in [-0.3, -0.25) is 0 Å². The summed E-state index contributed by atoms with van der Waals surface area (Å²) in [5.41, 5.74) is 2.35. The molecule has 0 bridgehead atoms. The predicted octanol–water partition coefficient (Wildman–Crippen LogP) is 2.79. The zero-order valence-electron chi connectivity index (χ0n) is 8.55. The number of hydrogen-bond donors (Lipinski definition) is 0. The normalized spacial score (nSPS) is 10.2. The lowest BCUT2D eigenvalue weighted by atomic mass is 10.1. The lowest BCUT2D eigenvalue weighted by Crippen LogP contribution is -1.94. The fourth-order valence-corrected chi connectivity index (χ4v) is 1.75. The summed E-state index contributed by atoms with van der Waals surface area (Å²) in [4.78, 5) is 8.59. The minimum atomic E-state index is 0.837. The van der Waals surface area contributed by atoms with Crippen LogP contribution in [0.3, 0.4) is 0 Å². The Morgan fingerprint density at radius 3 is 2.67 bits per heavy atom. The van der Waals surface area contributed by atoms with Gasteiger partial charge in [0.2, 0.25) is 0 Å². The maximum Gasteiger partial charge on any atom is 0.187 e. The van der Waals surface area contributed by atoms with Gasteiger partial charge in [0.1, 0.15) is 0 Å². The Kier molecular flexibility index (Phi) is 3.35. The van der Waals surface area contributed by atoms with E-state index in [4.69, 9.17) is 0 Å². The number of benzene rings is 1. The highest BCUT2D eigenvalue weighted by molar-refractivity contribution is 7.98. The van der Waals surface area contributed by atoms with Gasteiger partial charge in [-0.15, -0.1) is 0 Å². The molecule has 0 saturated heterocycles. The fraction of sp³-hybridized carbons (Fsp3) is 0.167. The third-order valence-electron chi connectivity index (χ3n) is 2.10. The lowest BCUT2D eigenvalue weighted by Gasteiger charge is -2.01. The SMILES string of the molecule is CSc1nccc(Cc2ccccc2)n1. The summed E-state index contributed by atoms with van der Waals surface area (Å²) in [6.45, 7) is 0. The maximum absolute atomic E-state index is 4.44. The Balaban J connectivity index is 2.17. The van der Waals surface area contributed by atoms with Crippen LogP contribution in [0.5, 0.6) is 0 Å². The summed E-state index contributed by atoms with van der Waals surface area (Å²) in [5, 5.41) is 0.837. The molecule has 2 aromatic rings. The summed E-state index contributed by atoms with van der Waals surface area (Å²) >= 11 is 1.57. The quantitative estimate of drug-likeness (QED) is 0.583. The van der Waals surface area contributed by atoms with Crippen molar-refractivity contribution in [1.29, 1.82) is 0 Å². The second kappa shape index (κ2) is 4.94. The highest BCUT2D eigenvalue weighted by atomic mass is 32.2. The van der Waals surface area contributed by atoms with Crippen molar-refractivity contribution in [1.82, 2.24) is 9.97 Å². The second-order valence-electron chi connectivity index (χ2n) is 3.20. The average molecular weight is 216 g/mol. The maximum atomic E-state index is 4.44. The Labute approximate surface area is 93.8 Å². The smallest absolute Gasteiger partial charge is 0.187 e. The van der Waals surface area contributed by atoms with Gasteiger partial charge in [-0.1, -0.05) is 42.1 Å². The minimum absolute atomic E-state index is 0.837. The van der Waals surface area contributed by atoms with Crippen LogP contribution in [-0.4, -0.2) is 16.2 Å². The summed E-state index contributed by atoms with van der Waals surface area (Å²) in [6, 6.07) is 12.3. The second-order valence-corrected chi connectivity index (χ2v) is 3.97. The summed E-state index contributed by atoms with van der Waals surface area (Å²) in [5.74, 6) is 0. The van der Waals surface area contributed by atoms with Gasteiger partial charge < -0.3 is 0 Å². The minimum Gasteiger partial charge on any atom is -0.231 e. The third kappa shape index (κ3) is 2.80. The molecule has 0 aliphatic rings.